The van der Waals surface area contributed by atoms with Gasteiger partial charge < -0.3 is 10.3 Å². The molecule has 0 bridgehead atoms. The fourth-order valence-electron chi connectivity index (χ4n) is 2.60. The summed E-state index contributed by atoms with van der Waals surface area (Å²) in [6.07, 6.45) is 5.10. The number of hydrogen-bond acceptors (Lipinski definition) is 4. The number of hydrogen-bond donors (Lipinski definition) is 1. The van der Waals surface area contributed by atoms with E-state index in [4.69, 9.17) is 5.73 Å². The fraction of sp³-hybridized carbons (Fsp3) is 0.500. The average Bonchev–Trinajstić information content (AvgIpc) is 3.39. The molecule has 2 fully saturated rings. The molecule has 2 saturated carbocycles. The van der Waals surface area contributed by atoms with E-state index in [9.17, 15) is 0 Å². The van der Waals surface area contributed by atoms with Crippen molar-refractivity contribution in [2.75, 3.05) is 0 Å². The summed E-state index contributed by atoms with van der Waals surface area (Å²) < 4.78 is 2.39. The van der Waals surface area contributed by atoms with Gasteiger partial charge in [0, 0.05) is 22.9 Å². The van der Waals surface area contributed by atoms with E-state index in [0.29, 0.717) is 12.0 Å². The van der Waals surface area contributed by atoms with Crippen LogP contribution in [-0.4, -0.2) is 14.8 Å². The Morgan fingerprint density at radius 3 is 2.43 bits per heavy atom. The summed E-state index contributed by atoms with van der Waals surface area (Å²) in [4.78, 5) is 1.20. The first-order valence-corrected chi connectivity index (χ1v) is 8.52. The minimum Gasteiger partial charge on any atom is -0.324 e. The van der Waals surface area contributed by atoms with E-state index in [-0.39, 0.29) is 6.04 Å². The maximum Gasteiger partial charge on any atom is 0.196 e. The van der Waals surface area contributed by atoms with Crippen LogP contribution in [-0.2, 0) is 0 Å². The minimum atomic E-state index is 0.0839. The first-order valence-electron chi connectivity index (χ1n) is 7.70. The highest BCUT2D eigenvalue weighted by molar-refractivity contribution is 7.99. The molecule has 0 spiro atoms. The van der Waals surface area contributed by atoms with Gasteiger partial charge in [-0.2, -0.15) is 0 Å². The Morgan fingerprint density at radius 2 is 1.86 bits per heavy atom. The van der Waals surface area contributed by atoms with Gasteiger partial charge in [-0.1, -0.05) is 12.1 Å². The number of nitrogens with zero attached hydrogens (tertiary/aromatic N) is 3. The van der Waals surface area contributed by atoms with Crippen LogP contribution in [0.4, 0.5) is 0 Å². The van der Waals surface area contributed by atoms with Gasteiger partial charge in [-0.25, -0.2) is 0 Å². The molecule has 1 heterocycles. The molecule has 1 atom stereocenters. The lowest BCUT2D eigenvalue weighted by Gasteiger charge is -2.09. The van der Waals surface area contributed by atoms with E-state index < -0.39 is 0 Å². The zero-order valence-electron chi connectivity index (χ0n) is 12.2. The zero-order chi connectivity index (χ0) is 14.4. The van der Waals surface area contributed by atoms with Crippen molar-refractivity contribution in [3.63, 3.8) is 0 Å². The second kappa shape index (κ2) is 5.14. The largest absolute Gasteiger partial charge is 0.324 e. The molecule has 2 aliphatic rings. The van der Waals surface area contributed by atoms with E-state index >= 15 is 0 Å². The van der Waals surface area contributed by atoms with Crippen molar-refractivity contribution in [3.8, 4) is 0 Å². The predicted octanol–water partition coefficient (Wildman–Crippen LogP) is 3.66. The Labute approximate surface area is 129 Å². The van der Waals surface area contributed by atoms with Crippen LogP contribution in [0.2, 0.25) is 0 Å². The maximum absolute atomic E-state index is 5.90. The standard InChI is InChI=1S/C16H20N4S/c1-10(17)11-4-8-14(9-5-11)21-16-19-18-15(12-2-3-12)20(16)13-6-7-13/h4-5,8-10,12-13H,2-3,6-7,17H2,1H3/t10-/m0/s1. The summed E-state index contributed by atoms with van der Waals surface area (Å²) in [5.74, 6) is 1.88. The molecule has 1 aromatic carbocycles. The monoisotopic (exact) mass is 300 g/mol. The number of rotatable bonds is 5. The molecule has 5 heteroatoms. The van der Waals surface area contributed by atoms with Crippen LogP contribution in [0.1, 0.15) is 62.0 Å². The maximum atomic E-state index is 5.90. The predicted molar refractivity (Wildman–Crippen MR) is 83.4 cm³/mol. The number of aromatic nitrogens is 3. The van der Waals surface area contributed by atoms with Gasteiger partial charge in [0.2, 0.25) is 0 Å². The molecular weight excluding hydrogens is 280 g/mol. The van der Waals surface area contributed by atoms with Gasteiger partial charge in [0.05, 0.1) is 0 Å². The molecule has 0 aliphatic heterocycles. The molecule has 2 aromatic rings. The van der Waals surface area contributed by atoms with Crippen LogP contribution in [0.15, 0.2) is 34.3 Å². The smallest absolute Gasteiger partial charge is 0.196 e. The average molecular weight is 300 g/mol. The van der Waals surface area contributed by atoms with Crippen LogP contribution < -0.4 is 5.73 Å². The Bertz CT molecular complexity index is 639. The zero-order valence-corrected chi connectivity index (χ0v) is 13.0. The lowest BCUT2D eigenvalue weighted by atomic mass is 10.1. The number of nitrogens with two attached hydrogens (primary N) is 1. The van der Waals surface area contributed by atoms with Crippen molar-refractivity contribution in [3.05, 3.63) is 35.7 Å². The van der Waals surface area contributed by atoms with Crippen LogP contribution in [0.3, 0.4) is 0 Å². The molecule has 2 aliphatic carbocycles. The highest BCUT2D eigenvalue weighted by Crippen LogP contribution is 2.46. The van der Waals surface area contributed by atoms with Crippen molar-refractivity contribution in [1.29, 1.82) is 0 Å². The van der Waals surface area contributed by atoms with Crippen LogP contribution in [0, 0.1) is 0 Å². The summed E-state index contributed by atoms with van der Waals surface area (Å²) in [6.45, 7) is 2.01. The van der Waals surface area contributed by atoms with Gasteiger partial charge in [0.1, 0.15) is 5.82 Å². The second-order valence-electron chi connectivity index (χ2n) is 6.18. The molecule has 4 rings (SSSR count). The second-order valence-corrected chi connectivity index (χ2v) is 7.22. The summed E-state index contributed by atoms with van der Waals surface area (Å²) >= 11 is 1.72. The molecule has 0 radical (unpaired) electrons. The van der Waals surface area contributed by atoms with Gasteiger partial charge in [0.15, 0.2) is 5.16 Å². The van der Waals surface area contributed by atoms with Crippen molar-refractivity contribution < 1.29 is 0 Å². The SMILES string of the molecule is C[C@H](N)c1ccc(Sc2nnc(C3CC3)n2C2CC2)cc1. The Kier molecular flexibility index (Phi) is 3.27. The highest BCUT2D eigenvalue weighted by Gasteiger charge is 2.36. The normalized spacial score (nSPS) is 19.7. The fourth-order valence-corrected chi connectivity index (χ4v) is 3.50. The van der Waals surface area contributed by atoms with Crippen molar-refractivity contribution in [1.82, 2.24) is 14.8 Å². The molecule has 2 N–H and O–H groups in total. The Balaban J connectivity index is 1.59. The first-order chi connectivity index (χ1) is 10.2. The lowest BCUT2D eigenvalue weighted by molar-refractivity contribution is 0.627. The van der Waals surface area contributed by atoms with Gasteiger partial charge in [-0.15, -0.1) is 10.2 Å². The molecule has 4 nitrogen and oxygen atoms in total. The van der Waals surface area contributed by atoms with Gasteiger partial charge in [-0.3, -0.25) is 0 Å². The Hall–Kier alpha value is -1.33. The van der Waals surface area contributed by atoms with Crippen molar-refractivity contribution in [2.45, 2.75) is 60.7 Å². The third-order valence-electron chi connectivity index (χ3n) is 4.16. The highest BCUT2D eigenvalue weighted by atomic mass is 32.2. The summed E-state index contributed by atoms with van der Waals surface area (Å²) in [5, 5.41) is 9.95. The third kappa shape index (κ3) is 2.72. The van der Waals surface area contributed by atoms with E-state index in [0.717, 1.165) is 5.16 Å². The topological polar surface area (TPSA) is 56.7 Å². The number of benzene rings is 1. The molecule has 0 amide bonds. The van der Waals surface area contributed by atoms with Crippen LogP contribution >= 0.6 is 11.8 Å². The summed E-state index contributed by atoms with van der Waals surface area (Å²) in [6, 6.07) is 9.19. The summed E-state index contributed by atoms with van der Waals surface area (Å²) in [7, 11) is 0. The van der Waals surface area contributed by atoms with E-state index in [1.54, 1.807) is 11.8 Å². The van der Waals surface area contributed by atoms with Crippen molar-refractivity contribution >= 4 is 11.8 Å². The third-order valence-corrected chi connectivity index (χ3v) is 5.13. The lowest BCUT2D eigenvalue weighted by Crippen LogP contribution is -2.04. The van der Waals surface area contributed by atoms with E-state index in [1.807, 2.05) is 6.92 Å². The van der Waals surface area contributed by atoms with Gasteiger partial charge >= 0.3 is 0 Å². The first kappa shape index (κ1) is 13.3. The molecule has 110 valence electrons. The van der Waals surface area contributed by atoms with Gasteiger partial charge in [0.25, 0.3) is 0 Å². The molecular formula is C16H20N4S. The molecule has 0 unspecified atom stereocenters. The van der Waals surface area contributed by atoms with E-state index in [1.165, 1.54) is 42.0 Å². The summed E-state index contributed by atoms with van der Waals surface area (Å²) in [5.41, 5.74) is 7.07. The Morgan fingerprint density at radius 1 is 1.14 bits per heavy atom. The molecule has 1 aromatic heterocycles. The van der Waals surface area contributed by atoms with E-state index in [2.05, 4.69) is 39.0 Å². The van der Waals surface area contributed by atoms with Crippen molar-refractivity contribution in [2.24, 2.45) is 5.73 Å². The van der Waals surface area contributed by atoms with Gasteiger partial charge in [-0.05, 0) is 62.1 Å². The molecule has 21 heavy (non-hydrogen) atoms. The minimum absolute atomic E-state index is 0.0839. The van der Waals surface area contributed by atoms with Crippen LogP contribution in [0.5, 0.6) is 0 Å². The molecule has 0 saturated heterocycles. The quantitative estimate of drug-likeness (QED) is 0.915. The van der Waals surface area contributed by atoms with Crippen LogP contribution in [0.25, 0.3) is 0 Å².